The first-order valence-electron chi connectivity index (χ1n) is 3.38. The van der Waals surface area contributed by atoms with Gasteiger partial charge in [0.25, 0.3) is 10.1 Å². The quantitative estimate of drug-likeness (QED) is 0.790. The predicted molar refractivity (Wildman–Crippen MR) is 40.7 cm³/mol. The van der Waals surface area contributed by atoms with E-state index in [4.69, 9.17) is 4.55 Å². The van der Waals surface area contributed by atoms with Crippen molar-refractivity contribution in [1.29, 1.82) is 0 Å². The van der Waals surface area contributed by atoms with E-state index in [1.807, 2.05) is 0 Å². The highest BCUT2D eigenvalue weighted by molar-refractivity contribution is 7.85. The number of hydrogen-bond donors (Lipinski definition) is 1. The Morgan fingerprint density at radius 1 is 1.40 bits per heavy atom. The summed E-state index contributed by atoms with van der Waals surface area (Å²) in [5.41, 5.74) is 0. The van der Waals surface area contributed by atoms with E-state index in [0.29, 0.717) is 6.07 Å². The third kappa shape index (κ3) is 3.72. The van der Waals surface area contributed by atoms with E-state index >= 15 is 0 Å². The highest BCUT2D eigenvalue weighted by Gasteiger charge is 2.32. The third-order valence-electron chi connectivity index (χ3n) is 1.22. The Morgan fingerprint density at radius 3 is 2.47 bits per heavy atom. The van der Waals surface area contributed by atoms with Gasteiger partial charge in [-0.2, -0.15) is 8.42 Å². The minimum atomic E-state index is -4.97. The summed E-state index contributed by atoms with van der Waals surface area (Å²) in [6.45, 7) is 0. The Labute approximate surface area is 82.3 Å². The van der Waals surface area contributed by atoms with Gasteiger partial charge in [0.15, 0.2) is 0 Å². The largest absolute Gasteiger partial charge is 0.574 e. The van der Waals surface area contributed by atoms with Crippen LogP contribution in [0.5, 0.6) is 5.88 Å². The molecule has 0 atom stereocenters. The third-order valence-corrected chi connectivity index (χ3v) is 2.07. The Morgan fingerprint density at radius 2 is 2.00 bits per heavy atom. The van der Waals surface area contributed by atoms with Gasteiger partial charge in [-0.3, -0.25) is 4.55 Å². The van der Waals surface area contributed by atoms with Crippen molar-refractivity contribution in [3.63, 3.8) is 0 Å². The summed E-state index contributed by atoms with van der Waals surface area (Å²) in [5, 5.41) is 0. The summed E-state index contributed by atoms with van der Waals surface area (Å²) >= 11 is 0. The van der Waals surface area contributed by atoms with Crippen molar-refractivity contribution in [3.05, 3.63) is 18.3 Å². The smallest absolute Gasteiger partial charge is 0.388 e. The van der Waals surface area contributed by atoms with Crippen molar-refractivity contribution >= 4 is 10.1 Å². The Bertz CT molecular complexity index is 456. The second-order valence-corrected chi connectivity index (χ2v) is 3.77. The van der Waals surface area contributed by atoms with Gasteiger partial charge in [0, 0.05) is 12.3 Å². The van der Waals surface area contributed by atoms with Crippen molar-refractivity contribution < 1.29 is 30.9 Å². The van der Waals surface area contributed by atoms with Gasteiger partial charge in [-0.1, -0.05) is 0 Å². The molecule has 1 rings (SSSR count). The Balaban J connectivity index is 3.04. The highest BCUT2D eigenvalue weighted by Crippen LogP contribution is 2.22. The number of hydrogen-bond acceptors (Lipinski definition) is 4. The molecule has 0 unspecified atom stereocenters. The van der Waals surface area contributed by atoms with E-state index in [2.05, 4.69) is 9.72 Å². The van der Waals surface area contributed by atoms with Crippen molar-refractivity contribution in [2.45, 2.75) is 11.3 Å². The van der Waals surface area contributed by atoms with Crippen LogP contribution in [0.4, 0.5) is 13.2 Å². The lowest BCUT2D eigenvalue weighted by Crippen LogP contribution is -2.18. The number of nitrogens with zero attached hydrogens (tertiary/aromatic N) is 1. The number of rotatable bonds is 2. The normalized spacial score (nSPS) is 12.5. The molecule has 0 aliphatic rings. The van der Waals surface area contributed by atoms with Gasteiger partial charge in [-0.15, -0.1) is 13.2 Å². The summed E-state index contributed by atoms with van der Waals surface area (Å²) in [5.74, 6) is -0.961. The Hall–Kier alpha value is -1.35. The predicted octanol–water partition coefficient (Wildman–Crippen LogP) is 1.23. The molecule has 0 saturated heterocycles. The number of halogens is 3. The van der Waals surface area contributed by atoms with Crippen molar-refractivity contribution in [3.8, 4) is 5.88 Å². The molecule has 0 fully saturated rings. The maximum atomic E-state index is 11.7. The van der Waals surface area contributed by atoms with Gasteiger partial charge in [-0.05, 0) is 6.07 Å². The van der Waals surface area contributed by atoms with Crippen molar-refractivity contribution in [2.75, 3.05) is 0 Å². The molecule has 0 spiro atoms. The van der Waals surface area contributed by atoms with Crippen LogP contribution in [-0.4, -0.2) is 24.3 Å². The van der Waals surface area contributed by atoms with Crippen LogP contribution < -0.4 is 4.74 Å². The van der Waals surface area contributed by atoms with Crippen LogP contribution in [0.1, 0.15) is 0 Å². The monoisotopic (exact) mass is 243 g/mol. The molecule has 15 heavy (non-hydrogen) atoms. The van der Waals surface area contributed by atoms with E-state index in [1.165, 1.54) is 0 Å². The van der Waals surface area contributed by atoms with Gasteiger partial charge in [0.05, 0.1) is 0 Å². The summed E-state index contributed by atoms with van der Waals surface area (Å²) in [6.07, 6.45) is -4.20. The molecular formula is C6H4F3NO4S. The second kappa shape index (κ2) is 3.66. The van der Waals surface area contributed by atoms with Crippen LogP contribution in [0.15, 0.2) is 23.2 Å². The minimum absolute atomic E-state index is 0.461. The molecule has 5 nitrogen and oxygen atoms in total. The highest BCUT2D eigenvalue weighted by atomic mass is 32.2. The summed E-state index contributed by atoms with van der Waals surface area (Å²) in [6, 6.07) is 1.29. The molecule has 0 amide bonds. The van der Waals surface area contributed by atoms with Crippen LogP contribution in [0.2, 0.25) is 0 Å². The zero-order valence-electron chi connectivity index (χ0n) is 6.89. The topological polar surface area (TPSA) is 76.5 Å². The molecule has 0 aliphatic heterocycles. The Kier molecular flexibility index (Phi) is 2.86. The lowest BCUT2D eigenvalue weighted by atomic mass is 10.5. The van der Waals surface area contributed by atoms with E-state index in [1.54, 1.807) is 0 Å². The zero-order valence-corrected chi connectivity index (χ0v) is 7.71. The van der Waals surface area contributed by atoms with Gasteiger partial charge in [-0.25, -0.2) is 4.98 Å². The molecule has 9 heteroatoms. The lowest BCUT2D eigenvalue weighted by Gasteiger charge is -2.07. The van der Waals surface area contributed by atoms with Crippen LogP contribution in [0, 0.1) is 0 Å². The van der Waals surface area contributed by atoms with Crippen LogP contribution in [-0.2, 0) is 10.1 Å². The van der Waals surface area contributed by atoms with E-state index in [0.717, 1.165) is 12.3 Å². The fraction of sp³-hybridized carbons (Fsp3) is 0.167. The van der Waals surface area contributed by atoms with Crippen LogP contribution in [0.25, 0.3) is 0 Å². The van der Waals surface area contributed by atoms with Gasteiger partial charge in [0.1, 0.15) is 4.90 Å². The van der Waals surface area contributed by atoms with Gasteiger partial charge in [0.2, 0.25) is 5.88 Å². The summed E-state index contributed by atoms with van der Waals surface area (Å²) < 4.78 is 68.0. The molecule has 0 radical (unpaired) electrons. The van der Waals surface area contributed by atoms with Crippen LogP contribution in [0.3, 0.4) is 0 Å². The van der Waals surface area contributed by atoms with Gasteiger partial charge >= 0.3 is 6.36 Å². The first-order chi connectivity index (χ1) is 6.68. The molecule has 0 aromatic carbocycles. The lowest BCUT2D eigenvalue weighted by molar-refractivity contribution is -0.276. The van der Waals surface area contributed by atoms with E-state index in [-0.39, 0.29) is 0 Å². The van der Waals surface area contributed by atoms with Crippen LogP contribution >= 0.6 is 0 Å². The number of aromatic nitrogens is 1. The maximum absolute atomic E-state index is 11.7. The average molecular weight is 243 g/mol. The first-order valence-corrected chi connectivity index (χ1v) is 4.82. The number of alkyl halides is 3. The molecule has 84 valence electrons. The number of ether oxygens (including phenoxy) is 1. The van der Waals surface area contributed by atoms with E-state index in [9.17, 15) is 21.6 Å². The fourth-order valence-electron chi connectivity index (χ4n) is 0.726. The SMILES string of the molecule is O=S(=O)(O)c1ccnc(OC(F)(F)F)c1. The summed E-state index contributed by atoms with van der Waals surface area (Å²) in [7, 11) is -4.57. The van der Waals surface area contributed by atoms with Gasteiger partial charge < -0.3 is 4.74 Å². The van der Waals surface area contributed by atoms with E-state index < -0.39 is 27.3 Å². The molecule has 1 heterocycles. The zero-order chi connectivity index (χ0) is 11.7. The molecule has 0 aliphatic carbocycles. The number of pyridine rings is 1. The fourth-order valence-corrected chi connectivity index (χ4v) is 1.21. The standard InChI is InChI=1S/C6H4F3NO4S/c7-6(8,9)14-5-3-4(1-2-10-5)15(11,12)13/h1-3H,(H,11,12,13). The summed E-state index contributed by atoms with van der Waals surface area (Å²) in [4.78, 5) is 2.40. The minimum Gasteiger partial charge on any atom is -0.388 e. The van der Waals surface area contributed by atoms with Crippen molar-refractivity contribution in [2.24, 2.45) is 0 Å². The molecule has 1 aromatic heterocycles. The molecule has 0 saturated carbocycles. The second-order valence-electron chi connectivity index (χ2n) is 2.35. The van der Waals surface area contributed by atoms with Crippen molar-refractivity contribution in [1.82, 2.24) is 4.98 Å². The first kappa shape index (κ1) is 11.7. The molecular weight excluding hydrogens is 239 g/mol. The molecule has 0 bridgehead atoms. The molecule has 1 aromatic rings. The maximum Gasteiger partial charge on any atom is 0.574 e. The average Bonchev–Trinajstić information content (AvgIpc) is 1.99. The molecule has 1 N–H and O–H groups in total.